The Morgan fingerprint density at radius 1 is 1.13 bits per heavy atom. The largest absolute Gasteiger partial charge is 0.489 e. The van der Waals surface area contributed by atoms with Crippen molar-refractivity contribution in [1.82, 2.24) is 0 Å². The first-order valence-corrected chi connectivity index (χ1v) is 10.4. The molecule has 31 heavy (non-hydrogen) atoms. The number of carbonyl (C=O) groups is 1. The van der Waals surface area contributed by atoms with Crippen LogP contribution in [0, 0.1) is 5.82 Å². The zero-order valence-electron chi connectivity index (χ0n) is 18.4. The number of likely N-dealkylation sites (N-methyl/N-ethyl adjacent to an activating group) is 1. The quantitative estimate of drug-likeness (QED) is 0.713. The number of ether oxygens (including phenoxy) is 4. The Morgan fingerprint density at radius 2 is 1.87 bits per heavy atom. The van der Waals surface area contributed by atoms with Gasteiger partial charge < -0.3 is 23.8 Å². The molecular formula is C24H28FNO5. The predicted octanol–water partition coefficient (Wildman–Crippen LogP) is 4.19. The Bertz CT molecular complexity index is 984. The van der Waals surface area contributed by atoms with Crippen molar-refractivity contribution in [2.75, 3.05) is 32.3 Å². The van der Waals surface area contributed by atoms with Gasteiger partial charge in [-0.05, 0) is 49.2 Å². The summed E-state index contributed by atoms with van der Waals surface area (Å²) in [5, 5.41) is 0. The van der Waals surface area contributed by atoms with Crippen LogP contribution in [0.25, 0.3) is 0 Å². The standard InChI is InChI=1S/C24H28FNO5/c1-23(2)22(27)26(3)20-6-5-16(11-21(20)31-23)15-30-19-13-17(12-18(25)14-19)24(28-4)7-9-29-10-8-24/h5-6,11-14H,7-10,15H2,1-4H3. The van der Waals surface area contributed by atoms with Crippen molar-refractivity contribution >= 4 is 11.6 Å². The van der Waals surface area contributed by atoms with Gasteiger partial charge in [0.25, 0.3) is 5.91 Å². The molecule has 0 radical (unpaired) electrons. The molecular weight excluding hydrogens is 401 g/mol. The third-order valence-electron chi connectivity index (χ3n) is 6.06. The summed E-state index contributed by atoms with van der Waals surface area (Å²) in [4.78, 5) is 14.0. The van der Waals surface area contributed by atoms with E-state index in [2.05, 4.69) is 0 Å². The number of benzene rings is 2. The topological polar surface area (TPSA) is 57.2 Å². The monoisotopic (exact) mass is 429 g/mol. The molecule has 0 atom stereocenters. The highest BCUT2D eigenvalue weighted by Gasteiger charge is 2.39. The van der Waals surface area contributed by atoms with Gasteiger partial charge in [-0.15, -0.1) is 0 Å². The number of amides is 1. The molecule has 1 amide bonds. The number of carbonyl (C=O) groups excluding carboxylic acids is 1. The molecule has 1 saturated heterocycles. The van der Waals surface area contributed by atoms with Crippen LogP contribution in [-0.4, -0.2) is 38.9 Å². The van der Waals surface area contributed by atoms with E-state index in [-0.39, 0.29) is 18.3 Å². The van der Waals surface area contributed by atoms with E-state index >= 15 is 0 Å². The van der Waals surface area contributed by atoms with E-state index in [1.165, 1.54) is 12.1 Å². The van der Waals surface area contributed by atoms with E-state index in [4.69, 9.17) is 18.9 Å². The zero-order chi connectivity index (χ0) is 22.2. The lowest BCUT2D eigenvalue weighted by Crippen LogP contribution is -2.50. The van der Waals surface area contributed by atoms with E-state index < -0.39 is 11.2 Å². The first-order chi connectivity index (χ1) is 14.7. The SMILES string of the molecule is COC1(c2cc(F)cc(OCc3ccc4c(c3)OC(C)(C)C(=O)N4C)c2)CCOCC1. The van der Waals surface area contributed by atoms with Crippen molar-refractivity contribution in [1.29, 1.82) is 0 Å². The van der Waals surface area contributed by atoms with Gasteiger partial charge in [0.05, 0.1) is 11.3 Å². The molecule has 0 aromatic heterocycles. The molecule has 4 rings (SSSR count). The predicted molar refractivity (Wildman–Crippen MR) is 114 cm³/mol. The molecule has 0 spiro atoms. The van der Waals surface area contributed by atoms with Gasteiger partial charge in [-0.3, -0.25) is 4.79 Å². The van der Waals surface area contributed by atoms with Crippen molar-refractivity contribution in [2.45, 2.75) is 44.5 Å². The molecule has 1 fully saturated rings. The lowest BCUT2D eigenvalue weighted by Gasteiger charge is -2.37. The lowest BCUT2D eigenvalue weighted by atomic mass is 9.86. The molecule has 2 aliphatic heterocycles. The molecule has 0 unspecified atom stereocenters. The molecule has 0 N–H and O–H groups in total. The summed E-state index contributed by atoms with van der Waals surface area (Å²) < 4.78 is 37.4. The first-order valence-electron chi connectivity index (χ1n) is 10.4. The van der Waals surface area contributed by atoms with E-state index in [9.17, 15) is 9.18 Å². The van der Waals surface area contributed by atoms with Gasteiger partial charge in [-0.2, -0.15) is 0 Å². The summed E-state index contributed by atoms with van der Waals surface area (Å²) in [6, 6.07) is 10.3. The van der Waals surface area contributed by atoms with Gasteiger partial charge in [0, 0.05) is 46.3 Å². The summed E-state index contributed by atoms with van der Waals surface area (Å²) in [6.45, 7) is 4.87. The molecule has 2 heterocycles. The van der Waals surface area contributed by atoms with Crippen LogP contribution in [0.1, 0.15) is 37.8 Å². The van der Waals surface area contributed by atoms with Crippen LogP contribution >= 0.6 is 0 Å². The highest BCUT2D eigenvalue weighted by Crippen LogP contribution is 2.39. The van der Waals surface area contributed by atoms with Gasteiger partial charge in [0.2, 0.25) is 0 Å². The molecule has 0 bridgehead atoms. The second-order valence-corrected chi connectivity index (χ2v) is 8.55. The zero-order valence-corrected chi connectivity index (χ0v) is 18.4. The molecule has 7 heteroatoms. The summed E-state index contributed by atoms with van der Waals surface area (Å²) in [5.74, 6) is 0.584. The summed E-state index contributed by atoms with van der Waals surface area (Å²) in [5.41, 5.74) is 0.819. The molecule has 2 aromatic rings. The average molecular weight is 429 g/mol. The van der Waals surface area contributed by atoms with Crippen molar-refractivity contribution in [2.24, 2.45) is 0 Å². The smallest absolute Gasteiger partial charge is 0.270 e. The van der Waals surface area contributed by atoms with Crippen molar-refractivity contribution in [3.05, 3.63) is 53.3 Å². The van der Waals surface area contributed by atoms with Gasteiger partial charge in [-0.25, -0.2) is 4.39 Å². The number of methoxy groups -OCH3 is 1. The number of rotatable bonds is 5. The fourth-order valence-electron chi connectivity index (χ4n) is 4.23. The molecule has 2 aliphatic rings. The van der Waals surface area contributed by atoms with E-state index in [0.717, 1.165) is 11.1 Å². The van der Waals surface area contributed by atoms with Crippen LogP contribution in [0.3, 0.4) is 0 Å². The Labute approximate surface area is 181 Å². The third-order valence-corrected chi connectivity index (χ3v) is 6.06. The minimum atomic E-state index is -0.934. The average Bonchev–Trinajstić information content (AvgIpc) is 2.76. The van der Waals surface area contributed by atoms with E-state index in [1.807, 2.05) is 24.3 Å². The van der Waals surface area contributed by atoms with Crippen LogP contribution in [0.4, 0.5) is 10.1 Å². The number of fused-ring (bicyclic) bond motifs is 1. The molecule has 0 saturated carbocycles. The molecule has 6 nitrogen and oxygen atoms in total. The van der Waals surface area contributed by atoms with Crippen LogP contribution in [0.15, 0.2) is 36.4 Å². The Hall–Kier alpha value is -2.64. The Kier molecular flexibility index (Phi) is 5.66. The molecule has 2 aromatic carbocycles. The summed E-state index contributed by atoms with van der Waals surface area (Å²) in [6.07, 6.45) is 1.33. The van der Waals surface area contributed by atoms with Crippen molar-refractivity contribution in [3.63, 3.8) is 0 Å². The lowest BCUT2D eigenvalue weighted by molar-refractivity contribution is -0.132. The molecule has 0 aliphatic carbocycles. The minimum absolute atomic E-state index is 0.100. The second kappa shape index (κ2) is 8.13. The van der Waals surface area contributed by atoms with Crippen LogP contribution in [-0.2, 0) is 26.5 Å². The first kappa shape index (κ1) is 21.6. The maximum absolute atomic E-state index is 14.4. The number of halogens is 1. The second-order valence-electron chi connectivity index (χ2n) is 8.55. The Balaban J connectivity index is 1.54. The summed E-state index contributed by atoms with van der Waals surface area (Å²) in [7, 11) is 3.38. The minimum Gasteiger partial charge on any atom is -0.489 e. The Morgan fingerprint density at radius 3 is 2.58 bits per heavy atom. The number of nitrogens with zero attached hydrogens (tertiary/aromatic N) is 1. The van der Waals surface area contributed by atoms with Crippen molar-refractivity contribution < 1.29 is 28.1 Å². The van der Waals surface area contributed by atoms with Gasteiger partial charge in [0.1, 0.15) is 23.9 Å². The van der Waals surface area contributed by atoms with Gasteiger partial charge in [0.15, 0.2) is 5.60 Å². The fourth-order valence-corrected chi connectivity index (χ4v) is 4.23. The number of anilines is 1. The van der Waals surface area contributed by atoms with Crippen molar-refractivity contribution in [3.8, 4) is 11.5 Å². The maximum Gasteiger partial charge on any atom is 0.270 e. The fraction of sp³-hybridized carbons (Fsp3) is 0.458. The number of hydrogen-bond acceptors (Lipinski definition) is 5. The molecule has 166 valence electrons. The normalized spacial score (nSPS) is 19.5. The number of hydrogen-bond donors (Lipinski definition) is 0. The van der Waals surface area contributed by atoms with Gasteiger partial charge in [-0.1, -0.05) is 6.07 Å². The van der Waals surface area contributed by atoms with E-state index in [0.29, 0.717) is 43.2 Å². The van der Waals surface area contributed by atoms with Gasteiger partial charge >= 0.3 is 0 Å². The maximum atomic E-state index is 14.4. The summed E-state index contributed by atoms with van der Waals surface area (Å²) >= 11 is 0. The van der Waals surface area contributed by atoms with E-state index in [1.54, 1.807) is 32.9 Å². The highest BCUT2D eigenvalue weighted by atomic mass is 19.1. The van der Waals surface area contributed by atoms with Crippen LogP contribution in [0.5, 0.6) is 11.5 Å². The van der Waals surface area contributed by atoms with Crippen LogP contribution < -0.4 is 14.4 Å². The van der Waals surface area contributed by atoms with Crippen LogP contribution in [0.2, 0.25) is 0 Å². The third kappa shape index (κ3) is 4.12. The highest BCUT2D eigenvalue weighted by molar-refractivity contribution is 6.01.